The number of hydrogen-bond acceptors (Lipinski definition) is 4. The van der Waals surface area contributed by atoms with Crippen LogP contribution in [-0.4, -0.2) is 29.7 Å². The first-order chi connectivity index (χ1) is 13.6. The second-order valence-electron chi connectivity index (χ2n) is 6.95. The van der Waals surface area contributed by atoms with Gasteiger partial charge in [-0.25, -0.2) is 4.98 Å². The van der Waals surface area contributed by atoms with Crippen molar-refractivity contribution in [3.63, 3.8) is 0 Å². The predicted molar refractivity (Wildman–Crippen MR) is 108 cm³/mol. The first-order valence-corrected chi connectivity index (χ1v) is 9.10. The van der Waals surface area contributed by atoms with Crippen molar-refractivity contribution in [1.29, 1.82) is 0 Å². The molecule has 0 bridgehead atoms. The fourth-order valence-electron chi connectivity index (χ4n) is 4.04. The molecule has 0 aliphatic carbocycles. The van der Waals surface area contributed by atoms with Crippen molar-refractivity contribution in [2.45, 2.75) is 5.92 Å². The fraction of sp³-hybridized carbons (Fsp3) is 0.136. The Labute approximate surface area is 161 Å². The molecule has 2 aromatic carbocycles. The van der Waals surface area contributed by atoms with E-state index in [9.17, 15) is 5.11 Å². The molecular formula is C22H19N5O. The molecule has 0 atom stereocenters. The molecule has 0 unspecified atom stereocenters. The minimum Gasteiger partial charge on any atom is -0.493 e. The van der Waals surface area contributed by atoms with Crippen LogP contribution in [0.3, 0.4) is 0 Å². The first kappa shape index (κ1) is 16.5. The molecule has 6 nitrogen and oxygen atoms in total. The van der Waals surface area contributed by atoms with Crippen LogP contribution in [-0.2, 0) is 14.1 Å². The van der Waals surface area contributed by atoms with Crippen LogP contribution in [0.4, 0.5) is 0 Å². The van der Waals surface area contributed by atoms with Gasteiger partial charge in [-0.2, -0.15) is 10.2 Å². The summed E-state index contributed by atoms with van der Waals surface area (Å²) in [5.41, 5.74) is 5.00. The SMILES string of the molecule is Cn1ncc2c(C(c3cccnc3O)c3cccc4c3cnn4C)cccc21. The lowest BCUT2D eigenvalue weighted by Crippen LogP contribution is -2.06. The van der Waals surface area contributed by atoms with E-state index in [4.69, 9.17) is 0 Å². The zero-order chi connectivity index (χ0) is 19.3. The Morgan fingerprint density at radius 1 is 0.750 bits per heavy atom. The molecule has 5 rings (SSSR count). The largest absolute Gasteiger partial charge is 0.493 e. The topological polar surface area (TPSA) is 68.8 Å². The van der Waals surface area contributed by atoms with E-state index in [2.05, 4.69) is 39.4 Å². The highest BCUT2D eigenvalue weighted by Gasteiger charge is 2.25. The highest BCUT2D eigenvalue weighted by molar-refractivity contribution is 5.88. The van der Waals surface area contributed by atoms with Crippen LogP contribution in [0, 0.1) is 0 Å². The first-order valence-electron chi connectivity index (χ1n) is 9.10. The summed E-state index contributed by atoms with van der Waals surface area (Å²) in [6.45, 7) is 0. The quantitative estimate of drug-likeness (QED) is 0.526. The number of pyridine rings is 1. The second kappa shape index (κ2) is 6.20. The molecule has 3 heterocycles. The summed E-state index contributed by atoms with van der Waals surface area (Å²) in [7, 11) is 3.87. The van der Waals surface area contributed by atoms with Crippen LogP contribution in [0.15, 0.2) is 67.1 Å². The lowest BCUT2D eigenvalue weighted by atomic mass is 9.82. The van der Waals surface area contributed by atoms with Crippen LogP contribution in [0.2, 0.25) is 0 Å². The molecule has 0 fully saturated rings. The van der Waals surface area contributed by atoms with Gasteiger partial charge in [-0.15, -0.1) is 0 Å². The van der Waals surface area contributed by atoms with Crippen molar-refractivity contribution in [2.24, 2.45) is 14.1 Å². The Morgan fingerprint density at radius 2 is 1.29 bits per heavy atom. The molecule has 6 heteroatoms. The van der Waals surface area contributed by atoms with Crippen molar-refractivity contribution in [2.75, 3.05) is 0 Å². The minimum atomic E-state index is -0.200. The van der Waals surface area contributed by atoms with Gasteiger partial charge in [-0.05, 0) is 29.3 Å². The molecule has 5 aromatic rings. The van der Waals surface area contributed by atoms with Crippen LogP contribution in [0.25, 0.3) is 21.8 Å². The van der Waals surface area contributed by atoms with Crippen molar-refractivity contribution < 1.29 is 5.11 Å². The molecule has 1 N–H and O–H groups in total. The summed E-state index contributed by atoms with van der Waals surface area (Å²) in [5, 5.41) is 21.6. The van der Waals surface area contributed by atoms with Crippen LogP contribution >= 0.6 is 0 Å². The maximum Gasteiger partial charge on any atom is 0.214 e. The summed E-state index contributed by atoms with van der Waals surface area (Å²) in [4.78, 5) is 4.14. The summed E-state index contributed by atoms with van der Waals surface area (Å²) in [5.74, 6) is -0.163. The van der Waals surface area contributed by atoms with E-state index < -0.39 is 0 Å². The summed E-state index contributed by atoms with van der Waals surface area (Å²) < 4.78 is 3.73. The number of rotatable bonds is 3. The maximum atomic E-state index is 10.6. The minimum absolute atomic E-state index is 0.0364. The van der Waals surface area contributed by atoms with Gasteiger partial charge in [-0.1, -0.05) is 30.3 Å². The Kier molecular flexibility index (Phi) is 3.65. The third-order valence-electron chi connectivity index (χ3n) is 5.40. The smallest absolute Gasteiger partial charge is 0.214 e. The molecule has 0 spiro atoms. The molecular weight excluding hydrogens is 350 g/mol. The third kappa shape index (κ3) is 2.38. The van der Waals surface area contributed by atoms with Crippen molar-refractivity contribution in [1.82, 2.24) is 24.5 Å². The molecule has 0 aliphatic heterocycles. The van der Waals surface area contributed by atoms with Gasteiger partial charge in [0.25, 0.3) is 0 Å². The molecule has 28 heavy (non-hydrogen) atoms. The highest BCUT2D eigenvalue weighted by atomic mass is 16.3. The van der Waals surface area contributed by atoms with Crippen molar-refractivity contribution in [3.8, 4) is 5.88 Å². The van der Waals surface area contributed by atoms with Crippen LogP contribution in [0.1, 0.15) is 22.6 Å². The van der Waals surface area contributed by atoms with Gasteiger partial charge in [0.05, 0.1) is 23.4 Å². The Hall–Kier alpha value is -3.67. The molecule has 138 valence electrons. The van der Waals surface area contributed by atoms with Gasteiger partial charge in [0, 0.05) is 42.5 Å². The average Bonchev–Trinajstić information content (AvgIpc) is 3.28. The number of benzene rings is 2. The predicted octanol–water partition coefficient (Wildman–Crippen LogP) is 3.74. The van der Waals surface area contributed by atoms with E-state index in [0.29, 0.717) is 0 Å². The normalized spacial score (nSPS) is 11.7. The Balaban J connectivity index is 1.87. The Morgan fingerprint density at radius 3 is 1.82 bits per heavy atom. The van der Waals surface area contributed by atoms with Gasteiger partial charge in [-0.3, -0.25) is 9.36 Å². The average molecular weight is 369 g/mol. The zero-order valence-electron chi connectivity index (χ0n) is 15.6. The number of aromatic nitrogens is 5. The van der Waals surface area contributed by atoms with Crippen molar-refractivity contribution in [3.05, 3.63) is 83.8 Å². The number of nitrogens with zero attached hydrogens (tertiary/aromatic N) is 5. The van der Waals surface area contributed by atoms with Gasteiger partial charge in [0.2, 0.25) is 5.88 Å². The van der Waals surface area contributed by atoms with E-state index in [0.717, 1.165) is 38.5 Å². The Bertz CT molecular complexity index is 1240. The third-order valence-corrected chi connectivity index (χ3v) is 5.40. The lowest BCUT2D eigenvalue weighted by Gasteiger charge is -2.21. The lowest BCUT2D eigenvalue weighted by molar-refractivity contribution is 0.445. The van der Waals surface area contributed by atoms with Crippen molar-refractivity contribution >= 4 is 21.8 Å². The second-order valence-corrected chi connectivity index (χ2v) is 6.95. The molecule has 3 aromatic heterocycles. The molecule has 0 radical (unpaired) electrons. The molecule has 0 saturated heterocycles. The maximum absolute atomic E-state index is 10.6. The molecule has 0 amide bonds. The van der Waals surface area contributed by atoms with Crippen LogP contribution in [0.5, 0.6) is 5.88 Å². The van der Waals surface area contributed by atoms with E-state index in [1.807, 2.05) is 60.1 Å². The van der Waals surface area contributed by atoms with E-state index in [1.54, 1.807) is 6.20 Å². The molecule has 0 aliphatic rings. The number of aromatic hydroxyl groups is 1. The standard InChI is InChI=1S/C22H19N5O/c1-26-19-9-3-6-14(17(19)12-24-26)21(16-8-5-11-23-22(16)28)15-7-4-10-20-18(15)13-25-27(20)2/h3-13,21H,1-2H3,(H,23,28). The van der Waals surface area contributed by atoms with E-state index >= 15 is 0 Å². The summed E-state index contributed by atoms with van der Waals surface area (Å²) >= 11 is 0. The van der Waals surface area contributed by atoms with Gasteiger partial charge >= 0.3 is 0 Å². The van der Waals surface area contributed by atoms with E-state index in [1.165, 1.54) is 0 Å². The summed E-state index contributed by atoms with van der Waals surface area (Å²) in [6, 6.07) is 16.1. The highest BCUT2D eigenvalue weighted by Crippen LogP contribution is 2.41. The van der Waals surface area contributed by atoms with Gasteiger partial charge in [0.1, 0.15) is 0 Å². The molecule has 0 saturated carbocycles. The number of aryl methyl sites for hydroxylation is 2. The van der Waals surface area contributed by atoms with Gasteiger partial charge in [0.15, 0.2) is 0 Å². The van der Waals surface area contributed by atoms with Crippen LogP contribution < -0.4 is 0 Å². The number of fused-ring (bicyclic) bond motifs is 2. The number of hydrogen-bond donors (Lipinski definition) is 1. The summed E-state index contributed by atoms with van der Waals surface area (Å²) in [6.07, 6.45) is 5.37. The zero-order valence-corrected chi connectivity index (χ0v) is 15.6. The van der Waals surface area contributed by atoms with Gasteiger partial charge < -0.3 is 5.11 Å². The fourth-order valence-corrected chi connectivity index (χ4v) is 4.04. The van der Waals surface area contributed by atoms with E-state index in [-0.39, 0.29) is 11.8 Å². The monoisotopic (exact) mass is 369 g/mol.